The van der Waals surface area contributed by atoms with Crippen LogP contribution in [0.5, 0.6) is 5.75 Å². The number of aliphatic hydroxyl groups is 1. The average Bonchev–Trinajstić information content (AvgIpc) is 2.67. The summed E-state index contributed by atoms with van der Waals surface area (Å²) in [4.78, 5) is 0. The molecule has 0 aromatic heterocycles. The van der Waals surface area contributed by atoms with E-state index in [2.05, 4.69) is 11.4 Å². The molecular formula is C21H27Cl2N2O2. The van der Waals surface area contributed by atoms with Crippen molar-refractivity contribution in [3.05, 3.63) is 57.6 Å². The monoisotopic (exact) mass is 409 g/mol. The van der Waals surface area contributed by atoms with Gasteiger partial charge in [-0.15, -0.1) is 0 Å². The predicted molar refractivity (Wildman–Crippen MR) is 113 cm³/mol. The van der Waals surface area contributed by atoms with Crippen molar-refractivity contribution >= 4 is 28.9 Å². The van der Waals surface area contributed by atoms with Crippen LogP contribution in [0.2, 0.25) is 10.0 Å². The minimum absolute atomic E-state index is 0.341. The quantitative estimate of drug-likeness (QED) is 0.367. The van der Waals surface area contributed by atoms with Crippen molar-refractivity contribution < 1.29 is 9.84 Å². The lowest BCUT2D eigenvalue weighted by Crippen LogP contribution is -2.22. The molecule has 2 aromatic carbocycles. The van der Waals surface area contributed by atoms with Crippen LogP contribution in [0.15, 0.2) is 30.3 Å². The lowest BCUT2D eigenvalue weighted by atomic mass is 10.1. The van der Waals surface area contributed by atoms with Crippen molar-refractivity contribution in [1.82, 2.24) is 5.32 Å². The van der Waals surface area contributed by atoms with Gasteiger partial charge in [0.15, 0.2) is 0 Å². The van der Waals surface area contributed by atoms with E-state index >= 15 is 0 Å². The zero-order chi connectivity index (χ0) is 19.6. The highest BCUT2D eigenvalue weighted by molar-refractivity contribution is 6.38. The summed E-state index contributed by atoms with van der Waals surface area (Å²) in [6.07, 6.45) is 4.78. The maximum absolute atomic E-state index is 10.2. The van der Waals surface area contributed by atoms with Crippen LogP contribution in [0.1, 0.15) is 42.9 Å². The Bertz CT molecular complexity index is 702. The summed E-state index contributed by atoms with van der Waals surface area (Å²) in [7, 11) is 1.69. The van der Waals surface area contributed by atoms with Gasteiger partial charge in [-0.1, -0.05) is 48.2 Å². The fourth-order valence-corrected chi connectivity index (χ4v) is 3.40. The van der Waals surface area contributed by atoms with Crippen molar-refractivity contribution in [3.63, 3.8) is 0 Å². The van der Waals surface area contributed by atoms with Crippen molar-refractivity contribution in [2.24, 2.45) is 0 Å². The Morgan fingerprint density at radius 1 is 1.19 bits per heavy atom. The number of methoxy groups -OCH3 is 1. The minimum Gasteiger partial charge on any atom is -0.496 e. The number of halogens is 2. The Morgan fingerprint density at radius 2 is 1.89 bits per heavy atom. The molecule has 0 heterocycles. The Balaban J connectivity index is 1.59. The van der Waals surface area contributed by atoms with E-state index in [0.717, 1.165) is 50.0 Å². The number of ether oxygens (including phenoxy) is 1. The molecule has 2 aromatic rings. The number of rotatable bonds is 11. The molecule has 0 aliphatic rings. The molecule has 0 bridgehead atoms. The fourth-order valence-electron chi connectivity index (χ4n) is 2.90. The molecule has 6 heteroatoms. The number of nitrogen functional groups attached to an aromatic ring is 1. The van der Waals surface area contributed by atoms with E-state index in [0.29, 0.717) is 27.8 Å². The summed E-state index contributed by atoms with van der Waals surface area (Å²) in [5.74, 6) is 0.913. The van der Waals surface area contributed by atoms with Crippen molar-refractivity contribution in [2.75, 3.05) is 25.9 Å². The number of nitrogens with two attached hydrogens (primary N) is 1. The van der Waals surface area contributed by atoms with E-state index in [4.69, 9.17) is 33.7 Å². The summed E-state index contributed by atoms with van der Waals surface area (Å²) >= 11 is 12.0. The van der Waals surface area contributed by atoms with Gasteiger partial charge in [0.05, 0.1) is 28.9 Å². The van der Waals surface area contributed by atoms with E-state index in [1.165, 1.54) is 0 Å². The predicted octanol–water partition coefficient (Wildman–Crippen LogP) is 4.81. The molecule has 1 radical (unpaired) electrons. The number of benzene rings is 2. The number of anilines is 1. The Kier molecular flexibility index (Phi) is 9.22. The second kappa shape index (κ2) is 11.4. The lowest BCUT2D eigenvalue weighted by molar-refractivity contribution is 0.174. The molecule has 0 fully saturated rings. The maximum Gasteiger partial charge on any atom is 0.122 e. The first kappa shape index (κ1) is 21.8. The van der Waals surface area contributed by atoms with Gasteiger partial charge in [0.25, 0.3) is 0 Å². The highest BCUT2D eigenvalue weighted by Crippen LogP contribution is 2.31. The van der Waals surface area contributed by atoms with Crippen LogP contribution in [0.3, 0.4) is 0 Å². The van der Waals surface area contributed by atoms with E-state index < -0.39 is 6.10 Å². The number of hydrogen-bond donors (Lipinski definition) is 3. The zero-order valence-electron chi connectivity index (χ0n) is 15.6. The van der Waals surface area contributed by atoms with Crippen molar-refractivity contribution in [1.29, 1.82) is 0 Å². The van der Waals surface area contributed by atoms with Crippen LogP contribution in [0.4, 0.5) is 5.69 Å². The zero-order valence-corrected chi connectivity index (χ0v) is 17.1. The van der Waals surface area contributed by atoms with Crippen LogP contribution in [0.25, 0.3) is 0 Å². The molecule has 0 aliphatic heterocycles. The van der Waals surface area contributed by atoms with Gasteiger partial charge in [0.2, 0.25) is 0 Å². The molecule has 0 spiro atoms. The van der Waals surface area contributed by atoms with E-state index in [1.54, 1.807) is 19.2 Å². The molecule has 1 unspecified atom stereocenters. The number of aliphatic hydroxyl groups excluding tert-OH is 1. The number of aryl methyl sites for hydroxylation is 1. The Labute approximate surface area is 171 Å². The van der Waals surface area contributed by atoms with Gasteiger partial charge in [-0.2, -0.15) is 0 Å². The summed E-state index contributed by atoms with van der Waals surface area (Å²) in [6.45, 7) is 1.31. The van der Waals surface area contributed by atoms with Gasteiger partial charge in [0, 0.05) is 12.1 Å². The number of unbranched alkanes of at least 4 members (excludes halogenated alkanes) is 3. The van der Waals surface area contributed by atoms with Gasteiger partial charge in [-0.3, -0.25) is 0 Å². The fraction of sp³-hybridized carbons (Fsp3) is 0.429. The highest BCUT2D eigenvalue weighted by atomic mass is 35.5. The molecule has 0 amide bonds. The van der Waals surface area contributed by atoms with Crippen LogP contribution in [-0.2, 0) is 6.42 Å². The maximum atomic E-state index is 10.2. The normalized spacial score (nSPS) is 12.1. The molecule has 4 nitrogen and oxygen atoms in total. The van der Waals surface area contributed by atoms with Crippen molar-refractivity contribution in [3.8, 4) is 5.75 Å². The third-order valence-corrected chi connectivity index (χ3v) is 5.10. The molecule has 0 aliphatic carbocycles. The molecule has 2 rings (SSSR count). The molecule has 0 saturated heterocycles. The highest BCUT2D eigenvalue weighted by Gasteiger charge is 2.11. The molecule has 4 N–H and O–H groups in total. The minimum atomic E-state index is -0.665. The number of hydrogen-bond acceptors (Lipinski definition) is 4. The van der Waals surface area contributed by atoms with Crippen LogP contribution >= 0.6 is 23.2 Å². The van der Waals surface area contributed by atoms with Gasteiger partial charge in [0.1, 0.15) is 5.75 Å². The van der Waals surface area contributed by atoms with Gasteiger partial charge in [-0.25, -0.2) is 0 Å². The summed E-state index contributed by atoms with van der Waals surface area (Å²) in [5.41, 5.74) is 7.86. The third kappa shape index (κ3) is 6.89. The Hall–Kier alpha value is -1.46. The SMILES string of the molecule is COc1ccc[c]c1CCCCCCNCC(O)c1cc(Cl)c(N)c(Cl)c1. The van der Waals surface area contributed by atoms with Crippen LogP contribution < -0.4 is 15.8 Å². The standard InChI is InChI=1S/C21H27Cl2N2O2/c1-27-20-10-6-5-9-15(20)8-4-2-3-7-11-25-14-19(26)16-12-17(22)21(24)18(23)13-16/h5-6,10,12-13,19,25-26H,2-4,7-8,11,14,24H2,1H3. The van der Waals surface area contributed by atoms with Gasteiger partial charge >= 0.3 is 0 Å². The van der Waals surface area contributed by atoms with Crippen molar-refractivity contribution in [2.45, 2.75) is 38.2 Å². The summed E-state index contributed by atoms with van der Waals surface area (Å²) < 4.78 is 5.35. The average molecular weight is 410 g/mol. The van der Waals surface area contributed by atoms with Gasteiger partial charge < -0.3 is 20.9 Å². The first-order chi connectivity index (χ1) is 13.0. The molecule has 147 valence electrons. The second-order valence-electron chi connectivity index (χ2n) is 6.50. The number of nitrogens with one attached hydrogen (secondary N) is 1. The summed E-state index contributed by atoms with van der Waals surface area (Å²) in [6, 6.07) is 12.4. The molecule has 0 saturated carbocycles. The van der Waals surface area contributed by atoms with Gasteiger partial charge in [-0.05, 0) is 55.6 Å². The lowest BCUT2D eigenvalue weighted by Gasteiger charge is -2.14. The molecule has 1 atom stereocenters. The Morgan fingerprint density at radius 3 is 2.59 bits per heavy atom. The van der Waals surface area contributed by atoms with Crippen LogP contribution in [-0.4, -0.2) is 25.3 Å². The third-order valence-electron chi connectivity index (χ3n) is 4.47. The molecular weight excluding hydrogens is 383 g/mol. The smallest absolute Gasteiger partial charge is 0.122 e. The second-order valence-corrected chi connectivity index (χ2v) is 7.31. The van der Waals surface area contributed by atoms with E-state index in [1.807, 2.05) is 18.2 Å². The first-order valence-electron chi connectivity index (χ1n) is 9.19. The largest absolute Gasteiger partial charge is 0.496 e. The summed E-state index contributed by atoms with van der Waals surface area (Å²) in [5, 5.41) is 14.2. The first-order valence-corrected chi connectivity index (χ1v) is 9.95. The van der Waals surface area contributed by atoms with Crippen LogP contribution in [0, 0.1) is 6.07 Å². The molecule has 27 heavy (non-hydrogen) atoms. The topological polar surface area (TPSA) is 67.5 Å². The van der Waals surface area contributed by atoms with E-state index in [-0.39, 0.29) is 0 Å². The van der Waals surface area contributed by atoms with E-state index in [9.17, 15) is 5.11 Å².